The Hall–Kier alpha value is -2.34. The molecule has 0 aliphatic carbocycles. The van der Waals surface area contributed by atoms with Crippen molar-refractivity contribution in [2.45, 2.75) is 26.4 Å². The highest BCUT2D eigenvalue weighted by atomic mass is 35.5. The van der Waals surface area contributed by atoms with Gasteiger partial charge in [-0.15, -0.1) is 0 Å². The van der Waals surface area contributed by atoms with Gasteiger partial charge in [-0.1, -0.05) is 23.7 Å². The van der Waals surface area contributed by atoms with E-state index in [1.807, 2.05) is 13.0 Å². The molecule has 132 valence electrons. The Balaban J connectivity index is 2.02. The highest BCUT2D eigenvalue weighted by molar-refractivity contribution is 6.31. The van der Waals surface area contributed by atoms with Gasteiger partial charge in [-0.25, -0.2) is 4.98 Å². The van der Waals surface area contributed by atoms with Gasteiger partial charge in [0.15, 0.2) is 0 Å². The number of ether oxygens (including phenoxy) is 1. The summed E-state index contributed by atoms with van der Waals surface area (Å²) in [7, 11) is 1.53. The highest BCUT2D eigenvalue weighted by Crippen LogP contribution is 2.34. The normalized spacial score (nSPS) is 12.6. The van der Waals surface area contributed by atoms with E-state index in [0.29, 0.717) is 27.5 Å². The summed E-state index contributed by atoms with van der Waals surface area (Å²) in [6.45, 7) is 0.968. The van der Waals surface area contributed by atoms with E-state index >= 15 is 0 Å². The summed E-state index contributed by atoms with van der Waals surface area (Å²) in [6, 6.07) is 9.91. The lowest BCUT2D eigenvalue weighted by atomic mass is 10.2. The van der Waals surface area contributed by atoms with E-state index in [1.54, 1.807) is 37.3 Å². The largest absolute Gasteiger partial charge is 0.495 e. The highest BCUT2D eigenvalue weighted by Gasteiger charge is 2.22. The van der Waals surface area contributed by atoms with E-state index in [2.05, 4.69) is 10.3 Å². The van der Waals surface area contributed by atoms with Crippen LogP contribution in [0.15, 0.2) is 36.4 Å². The number of rotatable bonds is 5. The molecule has 25 heavy (non-hydrogen) atoms. The van der Waals surface area contributed by atoms with E-state index in [1.165, 1.54) is 7.11 Å². The van der Waals surface area contributed by atoms with Gasteiger partial charge in [0.1, 0.15) is 11.6 Å². The fraction of sp³-hybridized carbons (Fsp3) is 0.278. The number of aryl methyl sites for hydroxylation is 1. The second-order valence-electron chi connectivity index (χ2n) is 5.77. The zero-order chi connectivity index (χ0) is 18.1. The Morgan fingerprint density at radius 1 is 1.24 bits per heavy atom. The van der Waals surface area contributed by atoms with Crippen molar-refractivity contribution >= 4 is 28.3 Å². The number of alkyl halides is 2. The summed E-state index contributed by atoms with van der Waals surface area (Å²) in [5, 5.41) is 3.78. The van der Waals surface area contributed by atoms with Crippen molar-refractivity contribution in [3.8, 4) is 5.75 Å². The maximum Gasteiger partial charge on any atom is 0.320 e. The zero-order valence-electron chi connectivity index (χ0n) is 14.1. The molecule has 3 rings (SSSR count). The van der Waals surface area contributed by atoms with Crippen LogP contribution in [0.2, 0.25) is 5.02 Å². The molecule has 7 heteroatoms. The van der Waals surface area contributed by atoms with E-state index in [0.717, 1.165) is 10.1 Å². The van der Waals surface area contributed by atoms with Crippen molar-refractivity contribution in [3.05, 3.63) is 52.8 Å². The number of fused-ring (bicyclic) bond motifs is 1. The molecule has 3 aromatic rings. The lowest BCUT2D eigenvalue weighted by Gasteiger charge is -2.19. The predicted octanol–water partition coefficient (Wildman–Crippen LogP) is 5.57. The van der Waals surface area contributed by atoms with E-state index in [9.17, 15) is 8.78 Å². The van der Waals surface area contributed by atoms with Crippen LogP contribution < -0.4 is 10.1 Å². The Morgan fingerprint density at radius 2 is 1.96 bits per heavy atom. The number of benzene rings is 2. The number of imidazole rings is 1. The van der Waals surface area contributed by atoms with Crippen molar-refractivity contribution in [1.29, 1.82) is 0 Å². The SMILES string of the molecule is COc1cc(Cl)c(C)cc1NC(C)c1nc2ccccc2n1C(F)F. The van der Waals surface area contributed by atoms with Gasteiger partial charge in [0, 0.05) is 11.1 Å². The van der Waals surface area contributed by atoms with Crippen molar-refractivity contribution in [3.63, 3.8) is 0 Å². The molecule has 0 bridgehead atoms. The second kappa shape index (κ2) is 6.88. The molecule has 0 fully saturated rings. The first kappa shape index (κ1) is 17.5. The van der Waals surface area contributed by atoms with Crippen molar-refractivity contribution in [2.75, 3.05) is 12.4 Å². The van der Waals surface area contributed by atoms with Crippen molar-refractivity contribution in [1.82, 2.24) is 9.55 Å². The van der Waals surface area contributed by atoms with Gasteiger partial charge in [0.05, 0.1) is 29.9 Å². The van der Waals surface area contributed by atoms with Gasteiger partial charge in [-0.3, -0.25) is 4.57 Å². The number of para-hydroxylation sites is 2. The third-order valence-corrected chi connectivity index (χ3v) is 4.47. The number of nitrogens with zero attached hydrogens (tertiary/aromatic N) is 2. The number of methoxy groups -OCH3 is 1. The Labute approximate surface area is 149 Å². The van der Waals surface area contributed by atoms with Crippen molar-refractivity contribution < 1.29 is 13.5 Å². The average Bonchev–Trinajstić information content (AvgIpc) is 2.97. The lowest BCUT2D eigenvalue weighted by Crippen LogP contribution is -2.15. The molecule has 0 aliphatic heterocycles. The van der Waals surface area contributed by atoms with Crippen LogP contribution in [0.1, 0.15) is 30.9 Å². The summed E-state index contributed by atoms with van der Waals surface area (Å²) in [5.74, 6) is 0.799. The molecule has 0 saturated carbocycles. The van der Waals surface area contributed by atoms with E-state index in [4.69, 9.17) is 16.3 Å². The molecule has 1 unspecified atom stereocenters. The quantitative estimate of drug-likeness (QED) is 0.642. The first-order valence-electron chi connectivity index (χ1n) is 7.78. The molecule has 0 spiro atoms. The maximum atomic E-state index is 13.6. The van der Waals surface area contributed by atoms with Gasteiger partial charge >= 0.3 is 6.55 Å². The number of halogens is 3. The summed E-state index contributed by atoms with van der Waals surface area (Å²) >= 11 is 6.11. The van der Waals surface area contributed by atoms with Gasteiger partial charge in [-0.05, 0) is 37.6 Å². The number of nitrogens with one attached hydrogen (secondary N) is 1. The summed E-state index contributed by atoms with van der Waals surface area (Å²) < 4.78 is 33.5. The minimum Gasteiger partial charge on any atom is -0.495 e. The molecule has 0 amide bonds. The zero-order valence-corrected chi connectivity index (χ0v) is 14.8. The van der Waals surface area contributed by atoms with Crippen LogP contribution in [0.3, 0.4) is 0 Å². The molecule has 1 N–H and O–H groups in total. The fourth-order valence-corrected chi connectivity index (χ4v) is 2.97. The van der Waals surface area contributed by atoms with Crippen LogP contribution in [0, 0.1) is 6.92 Å². The second-order valence-corrected chi connectivity index (χ2v) is 6.18. The Bertz CT molecular complexity index is 911. The number of anilines is 1. The van der Waals surface area contributed by atoms with Crippen LogP contribution >= 0.6 is 11.6 Å². The minimum atomic E-state index is -2.68. The molecule has 0 radical (unpaired) electrons. The summed E-state index contributed by atoms with van der Waals surface area (Å²) in [5.41, 5.74) is 2.47. The molecule has 1 atom stereocenters. The van der Waals surface area contributed by atoms with Crippen molar-refractivity contribution in [2.24, 2.45) is 0 Å². The fourth-order valence-electron chi connectivity index (χ4n) is 2.82. The monoisotopic (exact) mass is 365 g/mol. The third-order valence-electron chi connectivity index (χ3n) is 4.06. The van der Waals surface area contributed by atoms with Gasteiger partial charge in [0.25, 0.3) is 0 Å². The molecular weight excluding hydrogens is 348 g/mol. The third kappa shape index (κ3) is 3.26. The standard InChI is InChI=1S/C18H18ClF2N3O/c1-10-8-14(16(25-3)9-12(10)19)22-11(2)17-23-13-6-4-5-7-15(13)24(17)18(20)21/h4-9,11,18,22H,1-3H3. The number of hydrogen-bond donors (Lipinski definition) is 1. The van der Waals surface area contributed by atoms with Gasteiger partial charge in [0.2, 0.25) is 0 Å². The van der Waals surface area contributed by atoms with Gasteiger partial charge < -0.3 is 10.1 Å². The van der Waals surface area contributed by atoms with Crippen LogP contribution in [0.5, 0.6) is 5.75 Å². The Morgan fingerprint density at radius 3 is 2.64 bits per heavy atom. The summed E-state index contributed by atoms with van der Waals surface area (Å²) in [6.07, 6.45) is 0. The molecule has 1 aromatic heterocycles. The topological polar surface area (TPSA) is 39.1 Å². The summed E-state index contributed by atoms with van der Waals surface area (Å²) in [4.78, 5) is 4.38. The van der Waals surface area contributed by atoms with E-state index < -0.39 is 12.6 Å². The first-order chi connectivity index (χ1) is 11.9. The molecule has 0 aliphatic rings. The average molecular weight is 366 g/mol. The lowest BCUT2D eigenvalue weighted by molar-refractivity contribution is 0.0708. The molecule has 2 aromatic carbocycles. The molecule has 0 saturated heterocycles. The van der Waals surface area contributed by atoms with Crippen LogP contribution in [-0.4, -0.2) is 16.7 Å². The number of hydrogen-bond acceptors (Lipinski definition) is 3. The first-order valence-corrected chi connectivity index (χ1v) is 8.16. The molecular formula is C18H18ClF2N3O. The van der Waals surface area contributed by atoms with E-state index in [-0.39, 0.29) is 5.82 Å². The van der Waals surface area contributed by atoms with Crippen LogP contribution in [0.4, 0.5) is 14.5 Å². The maximum absolute atomic E-state index is 13.6. The predicted molar refractivity (Wildman–Crippen MR) is 95.8 cm³/mol. The minimum absolute atomic E-state index is 0.255. The smallest absolute Gasteiger partial charge is 0.320 e. The number of aromatic nitrogens is 2. The van der Waals surface area contributed by atoms with Crippen LogP contribution in [-0.2, 0) is 0 Å². The van der Waals surface area contributed by atoms with Crippen LogP contribution in [0.25, 0.3) is 11.0 Å². The molecule has 4 nitrogen and oxygen atoms in total. The van der Waals surface area contributed by atoms with Gasteiger partial charge in [-0.2, -0.15) is 8.78 Å². The Kier molecular flexibility index (Phi) is 4.81. The molecule has 1 heterocycles.